The molecule has 13 heteroatoms. The van der Waals surface area contributed by atoms with E-state index in [4.69, 9.17) is 38.4 Å². The number of nitrogens with zero attached hydrogens (tertiary/aromatic N) is 4. The van der Waals surface area contributed by atoms with E-state index in [1.54, 1.807) is 18.2 Å². The quantitative estimate of drug-likeness (QED) is 0.256. The summed E-state index contributed by atoms with van der Waals surface area (Å²) in [5, 5.41) is 17.6. The minimum atomic E-state index is -1.15. The monoisotopic (exact) mass is 557 g/mol. The van der Waals surface area contributed by atoms with Crippen molar-refractivity contribution in [1.29, 1.82) is 0 Å². The van der Waals surface area contributed by atoms with Crippen LogP contribution in [-0.2, 0) is 22.7 Å². The van der Waals surface area contributed by atoms with Crippen LogP contribution in [0.3, 0.4) is 0 Å². The summed E-state index contributed by atoms with van der Waals surface area (Å²) >= 11 is 12.5. The molecule has 4 aromatic rings. The van der Waals surface area contributed by atoms with E-state index in [0.717, 1.165) is 11.1 Å². The van der Waals surface area contributed by atoms with E-state index in [1.807, 2.05) is 24.3 Å². The van der Waals surface area contributed by atoms with E-state index in [1.165, 1.54) is 24.3 Å². The molecule has 0 unspecified atom stereocenters. The van der Waals surface area contributed by atoms with Crippen molar-refractivity contribution < 1.29 is 19.4 Å². The van der Waals surface area contributed by atoms with Crippen molar-refractivity contribution in [2.24, 2.45) is 5.73 Å². The highest BCUT2D eigenvalue weighted by atomic mass is 35.5. The number of nitrogens with one attached hydrogen (secondary N) is 2. The van der Waals surface area contributed by atoms with Crippen LogP contribution >= 0.6 is 23.2 Å². The molecule has 5 rings (SSSR count). The second-order valence-corrected chi connectivity index (χ2v) is 9.51. The van der Waals surface area contributed by atoms with Crippen LogP contribution in [-0.4, -0.2) is 55.8 Å². The van der Waals surface area contributed by atoms with Gasteiger partial charge in [0.15, 0.2) is 29.3 Å². The molecule has 3 heterocycles. The molecule has 5 N–H and O–H groups in total. The third-order valence-corrected chi connectivity index (χ3v) is 6.87. The highest BCUT2D eigenvalue weighted by Crippen LogP contribution is 2.32. The first-order chi connectivity index (χ1) is 18.4. The molecule has 0 spiro atoms. The number of anilines is 1. The third-order valence-electron chi connectivity index (χ3n) is 6.27. The Labute approximate surface area is 227 Å². The van der Waals surface area contributed by atoms with Crippen LogP contribution in [0.4, 0.5) is 5.82 Å². The summed E-state index contributed by atoms with van der Waals surface area (Å²) in [4.78, 5) is 25.2. The molecule has 1 aliphatic rings. The van der Waals surface area contributed by atoms with Crippen LogP contribution in [0, 0.1) is 0 Å². The van der Waals surface area contributed by atoms with Gasteiger partial charge in [-0.05, 0) is 24.3 Å². The molecule has 0 bridgehead atoms. The topological polar surface area (TPSA) is 149 Å². The van der Waals surface area contributed by atoms with Crippen molar-refractivity contribution in [3.63, 3.8) is 0 Å². The van der Waals surface area contributed by atoms with Crippen molar-refractivity contribution >= 4 is 46.1 Å². The minimum Gasteiger partial charge on any atom is -0.488 e. The van der Waals surface area contributed by atoms with Crippen LogP contribution < -0.4 is 21.1 Å². The fourth-order valence-electron chi connectivity index (χ4n) is 4.24. The molecule has 2 aromatic heterocycles. The number of rotatable bonds is 8. The molecule has 2 aromatic carbocycles. The summed E-state index contributed by atoms with van der Waals surface area (Å²) in [5.41, 5.74) is 8.54. The lowest BCUT2D eigenvalue weighted by Crippen LogP contribution is -2.46. The van der Waals surface area contributed by atoms with Gasteiger partial charge in [-0.25, -0.2) is 15.0 Å². The lowest BCUT2D eigenvalue weighted by Gasteiger charge is -2.17. The Morgan fingerprint density at radius 1 is 1.18 bits per heavy atom. The number of carbonyl (C=O) groups is 1. The lowest BCUT2D eigenvalue weighted by atomic mass is 10.1. The zero-order valence-electron chi connectivity index (χ0n) is 20.2. The molecule has 38 heavy (non-hydrogen) atoms. The number of amides is 1. The molecular weight excluding hydrogens is 533 g/mol. The summed E-state index contributed by atoms with van der Waals surface area (Å²) in [6.07, 6.45) is -0.269. The standard InChI is InChI=1S/C25H25Cl2N7O4/c1-29-24(36)21-18(28)20(35)25(38-21)34-12-33-19-22(31-11-32-23(19)34)30-9-14-8-15(26)6-7-17(14)37-10-13-4-2-3-5-16(13)27/h2-8,11-12,18,20-21,25,35H,9-10,28H2,1H3,(H,29,36)(H,30,31,32)/t18-,20+,21-,25+/m0/s1. The zero-order valence-corrected chi connectivity index (χ0v) is 21.7. The highest BCUT2D eigenvalue weighted by molar-refractivity contribution is 6.31. The maximum Gasteiger partial charge on any atom is 0.250 e. The molecule has 198 valence electrons. The molecule has 0 aliphatic carbocycles. The Hall–Kier alpha value is -3.48. The highest BCUT2D eigenvalue weighted by Gasteiger charge is 2.46. The summed E-state index contributed by atoms with van der Waals surface area (Å²) in [7, 11) is 1.48. The number of aliphatic hydroxyl groups is 1. The van der Waals surface area contributed by atoms with Crippen molar-refractivity contribution in [2.75, 3.05) is 12.4 Å². The number of ether oxygens (including phenoxy) is 2. The van der Waals surface area contributed by atoms with Crippen molar-refractivity contribution in [1.82, 2.24) is 24.8 Å². The molecule has 1 amide bonds. The predicted molar refractivity (Wildman–Crippen MR) is 142 cm³/mol. The normalized spacial score (nSPS) is 21.0. The fraction of sp³-hybridized carbons (Fsp3) is 0.280. The SMILES string of the molecule is CNC(=O)[C@H]1O[C@@H](n2cnc3c(NCc4cc(Cl)ccc4OCc4ccccc4Cl)ncnc32)[C@H](O)[C@@H]1N. The number of aliphatic hydroxyl groups excluding tert-OH is 1. The van der Waals surface area contributed by atoms with E-state index >= 15 is 0 Å². The number of benzene rings is 2. The number of hydrogen-bond acceptors (Lipinski definition) is 9. The van der Waals surface area contributed by atoms with Gasteiger partial charge >= 0.3 is 0 Å². The largest absolute Gasteiger partial charge is 0.488 e. The number of nitrogens with two attached hydrogens (primary N) is 1. The van der Waals surface area contributed by atoms with Crippen molar-refractivity contribution in [3.8, 4) is 5.75 Å². The summed E-state index contributed by atoms with van der Waals surface area (Å²) < 4.78 is 13.4. The molecule has 1 fully saturated rings. The second-order valence-electron chi connectivity index (χ2n) is 8.66. The molecule has 0 radical (unpaired) electrons. The van der Waals surface area contributed by atoms with Gasteiger partial charge in [-0.3, -0.25) is 9.36 Å². The Morgan fingerprint density at radius 2 is 2.00 bits per heavy atom. The Kier molecular flexibility index (Phi) is 7.63. The maximum absolute atomic E-state index is 12.1. The number of carbonyl (C=O) groups excluding carboxylic acids is 1. The van der Waals surface area contributed by atoms with E-state index in [2.05, 4.69) is 25.6 Å². The Morgan fingerprint density at radius 3 is 2.79 bits per heavy atom. The van der Waals surface area contributed by atoms with E-state index < -0.39 is 30.4 Å². The number of halogens is 2. The number of imidazole rings is 1. The number of fused-ring (bicyclic) bond motifs is 1. The lowest BCUT2D eigenvalue weighted by molar-refractivity contribution is -0.134. The Bertz CT molecular complexity index is 1470. The number of likely N-dealkylation sites (N-methyl/N-ethyl adjacent to an activating group) is 1. The van der Waals surface area contributed by atoms with Crippen molar-refractivity contribution in [3.05, 3.63) is 76.3 Å². The number of aromatic nitrogens is 4. The van der Waals surface area contributed by atoms with Gasteiger partial charge in [0, 0.05) is 34.8 Å². The summed E-state index contributed by atoms with van der Waals surface area (Å²) in [6, 6.07) is 11.9. The van der Waals surface area contributed by atoms with Gasteiger partial charge in [0.1, 0.15) is 24.8 Å². The molecule has 4 atom stereocenters. The first-order valence-corrected chi connectivity index (χ1v) is 12.5. The maximum atomic E-state index is 12.1. The van der Waals surface area contributed by atoms with Crippen LogP contribution in [0.1, 0.15) is 17.4 Å². The zero-order chi connectivity index (χ0) is 26.8. The first-order valence-electron chi connectivity index (χ1n) is 11.7. The summed E-state index contributed by atoms with van der Waals surface area (Å²) in [5.74, 6) is 0.661. The van der Waals surface area contributed by atoms with Gasteiger partial charge in [-0.15, -0.1) is 0 Å². The average molecular weight is 558 g/mol. The molecule has 1 saturated heterocycles. The van der Waals surface area contributed by atoms with Gasteiger partial charge in [0.05, 0.1) is 12.4 Å². The van der Waals surface area contributed by atoms with Crippen LogP contribution in [0.5, 0.6) is 5.75 Å². The van der Waals surface area contributed by atoms with Gasteiger partial charge in [-0.1, -0.05) is 41.4 Å². The molecule has 0 saturated carbocycles. The van der Waals surface area contributed by atoms with Gasteiger partial charge in [-0.2, -0.15) is 0 Å². The second kappa shape index (κ2) is 11.1. The predicted octanol–water partition coefficient (Wildman–Crippen LogP) is 2.66. The first kappa shape index (κ1) is 26.1. The third kappa shape index (κ3) is 5.11. The van der Waals surface area contributed by atoms with E-state index in [9.17, 15) is 9.90 Å². The van der Waals surface area contributed by atoms with E-state index in [-0.39, 0.29) is 0 Å². The summed E-state index contributed by atoms with van der Waals surface area (Å²) in [6.45, 7) is 0.614. The smallest absolute Gasteiger partial charge is 0.250 e. The molecule has 1 aliphatic heterocycles. The Balaban J connectivity index is 1.35. The van der Waals surface area contributed by atoms with Gasteiger partial charge < -0.3 is 30.9 Å². The molecule has 11 nitrogen and oxygen atoms in total. The number of hydrogen-bond donors (Lipinski definition) is 4. The van der Waals surface area contributed by atoms with Crippen molar-refractivity contribution in [2.45, 2.75) is 37.6 Å². The fourth-order valence-corrected chi connectivity index (χ4v) is 4.63. The van der Waals surface area contributed by atoms with E-state index in [0.29, 0.717) is 45.9 Å². The van der Waals surface area contributed by atoms with Gasteiger partial charge in [0.2, 0.25) is 0 Å². The molecular formula is C25H25Cl2N7O4. The van der Waals surface area contributed by atoms with Crippen LogP contribution in [0.15, 0.2) is 55.1 Å². The minimum absolute atomic E-state index is 0.291. The average Bonchev–Trinajstić information content (AvgIpc) is 3.48. The van der Waals surface area contributed by atoms with Crippen LogP contribution in [0.2, 0.25) is 10.0 Å². The van der Waals surface area contributed by atoms with Gasteiger partial charge in [0.25, 0.3) is 5.91 Å². The van der Waals surface area contributed by atoms with Crippen LogP contribution in [0.25, 0.3) is 11.2 Å².